The molecule has 1 atom stereocenters. The van der Waals surface area contributed by atoms with Gasteiger partial charge in [-0.1, -0.05) is 29.8 Å². The first-order chi connectivity index (χ1) is 12.4. The van der Waals surface area contributed by atoms with Gasteiger partial charge in [0.1, 0.15) is 0 Å². The van der Waals surface area contributed by atoms with E-state index < -0.39 is 9.84 Å². The molecular weight excluding hydrogens is 372 g/mol. The molecule has 0 aromatic heterocycles. The fraction of sp³-hybridized carbons (Fsp3) is 0.316. The van der Waals surface area contributed by atoms with E-state index in [1.165, 1.54) is 0 Å². The minimum Gasteiger partial charge on any atom is -0.376 e. The third-order valence-electron chi connectivity index (χ3n) is 4.50. The zero-order chi connectivity index (χ0) is 18.7. The molecule has 26 heavy (non-hydrogen) atoms. The van der Waals surface area contributed by atoms with Crippen LogP contribution >= 0.6 is 11.6 Å². The number of hydrogen-bond donors (Lipinski definition) is 1. The van der Waals surface area contributed by atoms with Gasteiger partial charge in [0.15, 0.2) is 9.84 Å². The van der Waals surface area contributed by atoms with E-state index in [0.29, 0.717) is 17.1 Å². The Bertz CT molecular complexity index is 900. The molecule has 0 spiro atoms. The molecule has 1 unspecified atom stereocenters. The summed E-state index contributed by atoms with van der Waals surface area (Å²) in [4.78, 5) is 14.5. The molecule has 0 aliphatic carbocycles. The topological polar surface area (TPSA) is 66.5 Å². The smallest absolute Gasteiger partial charge is 0.246 e. The Morgan fingerprint density at radius 1 is 1.23 bits per heavy atom. The van der Waals surface area contributed by atoms with Gasteiger partial charge >= 0.3 is 0 Å². The van der Waals surface area contributed by atoms with Crippen LogP contribution in [0.25, 0.3) is 0 Å². The van der Waals surface area contributed by atoms with E-state index in [1.807, 2.05) is 49.4 Å². The van der Waals surface area contributed by atoms with Gasteiger partial charge in [-0.15, -0.1) is 0 Å². The average Bonchev–Trinajstić information content (AvgIpc) is 2.95. The van der Waals surface area contributed by atoms with Crippen LogP contribution in [-0.2, 0) is 14.6 Å². The van der Waals surface area contributed by atoms with Crippen LogP contribution in [0.2, 0.25) is 5.02 Å². The highest BCUT2D eigenvalue weighted by Gasteiger charge is 2.35. The second-order valence-corrected chi connectivity index (χ2v) is 9.13. The lowest BCUT2D eigenvalue weighted by molar-refractivity contribution is -0.117. The molecule has 0 saturated carbocycles. The van der Waals surface area contributed by atoms with Crippen LogP contribution in [0.15, 0.2) is 48.5 Å². The number of nitrogens with zero attached hydrogens (tertiary/aromatic N) is 1. The Kier molecular flexibility index (Phi) is 5.53. The maximum Gasteiger partial charge on any atom is 0.246 e. The normalized spacial score (nSPS) is 18.5. The number of benzene rings is 2. The molecule has 1 heterocycles. The molecular formula is C19H21ClN2O3S. The van der Waals surface area contributed by atoms with Crippen LogP contribution in [-0.4, -0.2) is 38.4 Å². The van der Waals surface area contributed by atoms with Crippen molar-refractivity contribution in [2.24, 2.45) is 0 Å². The number of carbonyl (C=O) groups is 1. The summed E-state index contributed by atoms with van der Waals surface area (Å²) in [6.45, 7) is 1.99. The predicted molar refractivity (Wildman–Crippen MR) is 106 cm³/mol. The highest BCUT2D eigenvalue weighted by Crippen LogP contribution is 2.25. The van der Waals surface area contributed by atoms with E-state index in [-0.39, 0.29) is 30.0 Å². The minimum absolute atomic E-state index is 0.00755. The van der Waals surface area contributed by atoms with Crippen molar-refractivity contribution in [3.05, 3.63) is 59.1 Å². The molecule has 1 fully saturated rings. The molecule has 138 valence electrons. The summed E-state index contributed by atoms with van der Waals surface area (Å²) < 4.78 is 23.8. The summed E-state index contributed by atoms with van der Waals surface area (Å²) >= 11 is 5.96. The fourth-order valence-corrected chi connectivity index (χ4v) is 5.13. The number of anilines is 2. The number of hydrogen-bond acceptors (Lipinski definition) is 4. The van der Waals surface area contributed by atoms with Gasteiger partial charge in [0.05, 0.1) is 24.1 Å². The molecule has 1 N–H and O–H groups in total. The van der Waals surface area contributed by atoms with Crippen LogP contribution in [0.4, 0.5) is 11.4 Å². The van der Waals surface area contributed by atoms with Gasteiger partial charge < -0.3 is 10.2 Å². The van der Waals surface area contributed by atoms with Gasteiger partial charge in [-0.25, -0.2) is 8.42 Å². The quantitative estimate of drug-likeness (QED) is 0.847. The van der Waals surface area contributed by atoms with Crippen molar-refractivity contribution in [2.75, 3.05) is 28.3 Å². The Morgan fingerprint density at radius 2 is 1.96 bits per heavy atom. The standard InChI is InChI=1S/C19H21ClN2O3S/c1-14-11-15(20)7-8-18(14)21-12-19(23)22(16-5-3-2-4-6-16)17-9-10-26(24,25)13-17/h2-8,11,17,21H,9-10,12-13H2,1H3. The highest BCUT2D eigenvalue weighted by molar-refractivity contribution is 7.91. The lowest BCUT2D eigenvalue weighted by atomic mass is 10.1. The fourth-order valence-electron chi connectivity index (χ4n) is 3.21. The van der Waals surface area contributed by atoms with Crippen molar-refractivity contribution in [1.29, 1.82) is 0 Å². The molecule has 1 aliphatic rings. The van der Waals surface area contributed by atoms with Gasteiger partial charge in [0.2, 0.25) is 5.91 Å². The maximum atomic E-state index is 12.9. The molecule has 2 aromatic carbocycles. The Balaban J connectivity index is 1.79. The predicted octanol–water partition coefficient (Wildman–Crippen LogP) is 3.28. The monoisotopic (exact) mass is 392 g/mol. The van der Waals surface area contributed by atoms with E-state index in [1.54, 1.807) is 11.0 Å². The van der Waals surface area contributed by atoms with Gasteiger partial charge in [-0.05, 0) is 49.2 Å². The van der Waals surface area contributed by atoms with E-state index in [2.05, 4.69) is 5.32 Å². The summed E-state index contributed by atoms with van der Waals surface area (Å²) in [5.74, 6) is -0.0290. The number of aryl methyl sites for hydroxylation is 1. The van der Waals surface area contributed by atoms with Crippen molar-refractivity contribution >= 4 is 38.7 Å². The first-order valence-electron chi connectivity index (χ1n) is 8.43. The van der Waals surface area contributed by atoms with Gasteiger partial charge in [-0.2, -0.15) is 0 Å². The summed E-state index contributed by atoms with van der Waals surface area (Å²) in [6, 6.07) is 14.3. The zero-order valence-electron chi connectivity index (χ0n) is 14.5. The third kappa shape index (κ3) is 4.37. The zero-order valence-corrected chi connectivity index (χ0v) is 16.1. The van der Waals surface area contributed by atoms with Crippen LogP contribution in [0.1, 0.15) is 12.0 Å². The lowest BCUT2D eigenvalue weighted by Gasteiger charge is -2.29. The number of para-hydroxylation sites is 1. The minimum atomic E-state index is -3.09. The maximum absolute atomic E-state index is 12.9. The van der Waals surface area contributed by atoms with E-state index >= 15 is 0 Å². The van der Waals surface area contributed by atoms with Crippen molar-refractivity contribution in [3.8, 4) is 0 Å². The van der Waals surface area contributed by atoms with Crippen LogP contribution < -0.4 is 10.2 Å². The van der Waals surface area contributed by atoms with Crippen molar-refractivity contribution in [3.63, 3.8) is 0 Å². The average molecular weight is 393 g/mol. The molecule has 1 saturated heterocycles. The number of carbonyl (C=O) groups excluding carboxylic acids is 1. The molecule has 1 aliphatic heterocycles. The second-order valence-electron chi connectivity index (χ2n) is 6.47. The number of amides is 1. The van der Waals surface area contributed by atoms with Gasteiger partial charge in [-0.3, -0.25) is 4.79 Å². The molecule has 3 rings (SSSR count). The Hall–Kier alpha value is -2.05. The van der Waals surface area contributed by atoms with Crippen LogP contribution in [0.3, 0.4) is 0 Å². The molecule has 0 radical (unpaired) electrons. The summed E-state index contributed by atoms with van der Waals surface area (Å²) in [7, 11) is -3.09. The van der Waals surface area contributed by atoms with Crippen molar-refractivity contribution in [1.82, 2.24) is 0 Å². The third-order valence-corrected chi connectivity index (χ3v) is 6.48. The Labute approximate surface area is 158 Å². The van der Waals surface area contributed by atoms with E-state index in [4.69, 9.17) is 11.6 Å². The SMILES string of the molecule is Cc1cc(Cl)ccc1NCC(=O)N(c1ccccc1)C1CCS(=O)(=O)C1. The molecule has 2 aromatic rings. The van der Waals surface area contributed by atoms with Crippen molar-refractivity contribution < 1.29 is 13.2 Å². The van der Waals surface area contributed by atoms with Gasteiger partial charge in [0, 0.05) is 16.4 Å². The number of rotatable bonds is 5. The summed E-state index contributed by atoms with van der Waals surface area (Å²) in [5, 5.41) is 3.78. The first-order valence-corrected chi connectivity index (χ1v) is 10.6. The molecule has 0 bridgehead atoms. The molecule has 7 heteroatoms. The molecule has 5 nitrogen and oxygen atoms in total. The largest absolute Gasteiger partial charge is 0.376 e. The number of sulfone groups is 1. The highest BCUT2D eigenvalue weighted by atomic mass is 35.5. The second kappa shape index (κ2) is 7.68. The van der Waals surface area contributed by atoms with Gasteiger partial charge in [0.25, 0.3) is 0 Å². The molecule has 1 amide bonds. The number of nitrogens with one attached hydrogen (secondary N) is 1. The number of halogens is 1. The first kappa shape index (κ1) is 18.7. The lowest BCUT2D eigenvalue weighted by Crippen LogP contribution is -2.44. The summed E-state index contributed by atoms with van der Waals surface area (Å²) in [6.07, 6.45) is 0.461. The van der Waals surface area contributed by atoms with E-state index in [0.717, 1.165) is 11.3 Å². The summed E-state index contributed by atoms with van der Waals surface area (Å²) in [5.41, 5.74) is 2.49. The Morgan fingerprint density at radius 3 is 2.58 bits per heavy atom. The van der Waals surface area contributed by atoms with E-state index in [9.17, 15) is 13.2 Å². The van der Waals surface area contributed by atoms with Crippen LogP contribution in [0.5, 0.6) is 0 Å². The van der Waals surface area contributed by atoms with Crippen molar-refractivity contribution in [2.45, 2.75) is 19.4 Å². The van der Waals surface area contributed by atoms with Crippen LogP contribution in [0, 0.1) is 6.92 Å².